The van der Waals surface area contributed by atoms with Gasteiger partial charge in [0.2, 0.25) is 0 Å². The normalized spacial score (nSPS) is 10.8. The third-order valence-corrected chi connectivity index (χ3v) is 2.50. The number of rotatable bonds is 5. The van der Waals surface area contributed by atoms with E-state index < -0.39 is 0 Å². The van der Waals surface area contributed by atoms with Gasteiger partial charge in [0.05, 0.1) is 6.54 Å². The lowest BCUT2D eigenvalue weighted by Gasteiger charge is -2.14. The van der Waals surface area contributed by atoms with Crippen molar-refractivity contribution in [3.05, 3.63) is 35.1 Å². The molecule has 0 aliphatic carbocycles. The summed E-state index contributed by atoms with van der Waals surface area (Å²) in [5, 5.41) is 0. The second kappa shape index (κ2) is 5.75. The molecule has 0 saturated heterocycles. The molecule has 3 heteroatoms. The van der Waals surface area contributed by atoms with Crippen LogP contribution in [0, 0.1) is 12.7 Å². The topological polar surface area (TPSA) is 20.3 Å². The Hall–Kier alpha value is -1.22. The van der Waals surface area contributed by atoms with E-state index in [2.05, 4.69) is 0 Å². The van der Waals surface area contributed by atoms with E-state index in [-0.39, 0.29) is 11.6 Å². The van der Waals surface area contributed by atoms with Crippen molar-refractivity contribution in [2.75, 3.05) is 20.1 Å². The third-order valence-electron chi connectivity index (χ3n) is 2.50. The maximum atomic E-state index is 13.0. The number of hydrogen-bond acceptors (Lipinski definition) is 2. The van der Waals surface area contributed by atoms with Crippen molar-refractivity contribution in [1.82, 2.24) is 4.90 Å². The summed E-state index contributed by atoms with van der Waals surface area (Å²) in [4.78, 5) is 12.8. The zero-order valence-corrected chi connectivity index (χ0v) is 10.1. The maximum Gasteiger partial charge on any atom is 0.143 e. The molecule has 0 radical (unpaired) electrons. The van der Waals surface area contributed by atoms with Crippen molar-refractivity contribution in [1.29, 1.82) is 0 Å². The molecule has 0 aromatic heterocycles. The molecule has 1 aromatic carbocycles. The van der Waals surface area contributed by atoms with Gasteiger partial charge in [-0.3, -0.25) is 9.69 Å². The van der Waals surface area contributed by atoms with E-state index in [1.165, 1.54) is 6.07 Å². The van der Waals surface area contributed by atoms with E-state index in [9.17, 15) is 9.18 Å². The Morgan fingerprint density at radius 1 is 1.44 bits per heavy atom. The Balaban J connectivity index is 2.48. The fourth-order valence-corrected chi connectivity index (χ4v) is 1.64. The molecule has 0 aliphatic rings. The summed E-state index contributed by atoms with van der Waals surface area (Å²) >= 11 is 0. The number of benzene rings is 1. The number of halogens is 1. The molecule has 0 bridgehead atoms. The van der Waals surface area contributed by atoms with Gasteiger partial charge in [-0.15, -0.1) is 0 Å². The molecule has 1 rings (SSSR count). The Kier molecular flexibility index (Phi) is 4.62. The fraction of sp³-hybridized carbons (Fsp3) is 0.462. The Labute approximate surface area is 96.1 Å². The van der Waals surface area contributed by atoms with E-state index in [4.69, 9.17) is 0 Å². The molecule has 2 nitrogen and oxygen atoms in total. The van der Waals surface area contributed by atoms with Gasteiger partial charge in [-0.05, 0) is 44.5 Å². The van der Waals surface area contributed by atoms with Gasteiger partial charge in [-0.2, -0.15) is 0 Å². The van der Waals surface area contributed by atoms with Gasteiger partial charge in [-0.25, -0.2) is 4.39 Å². The van der Waals surface area contributed by atoms with Crippen LogP contribution in [0.3, 0.4) is 0 Å². The lowest BCUT2D eigenvalue weighted by atomic mass is 10.1. The van der Waals surface area contributed by atoms with E-state index in [0.29, 0.717) is 12.1 Å². The van der Waals surface area contributed by atoms with Crippen LogP contribution < -0.4 is 0 Å². The molecule has 0 amide bonds. The van der Waals surface area contributed by atoms with Gasteiger partial charge in [-0.1, -0.05) is 12.1 Å². The quantitative estimate of drug-likeness (QED) is 0.762. The molecule has 0 unspecified atom stereocenters. The summed E-state index contributed by atoms with van der Waals surface area (Å²) < 4.78 is 13.0. The highest BCUT2D eigenvalue weighted by Crippen LogP contribution is 2.09. The fourth-order valence-electron chi connectivity index (χ4n) is 1.64. The van der Waals surface area contributed by atoms with Crippen molar-refractivity contribution < 1.29 is 9.18 Å². The van der Waals surface area contributed by atoms with E-state index in [1.54, 1.807) is 19.9 Å². The van der Waals surface area contributed by atoms with E-state index in [1.807, 2.05) is 18.0 Å². The molecule has 0 saturated carbocycles. The van der Waals surface area contributed by atoms with Crippen LogP contribution in [0.5, 0.6) is 0 Å². The predicted octanol–water partition coefficient (Wildman–Crippen LogP) is 2.20. The van der Waals surface area contributed by atoms with Crippen LogP contribution in [0.2, 0.25) is 0 Å². The standard InChI is InChI=1S/C13H18FNO/c1-10-8-12(4-5-13(10)14)6-7-15(3)9-11(2)16/h4-5,8H,6-7,9H2,1-3H3. The van der Waals surface area contributed by atoms with Crippen LogP contribution in [0.15, 0.2) is 18.2 Å². The largest absolute Gasteiger partial charge is 0.299 e. The number of Topliss-reactive ketones (excluding diaryl/α,β-unsaturated/α-hetero) is 1. The first kappa shape index (κ1) is 12.8. The number of nitrogens with zero attached hydrogens (tertiary/aromatic N) is 1. The minimum Gasteiger partial charge on any atom is -0.299 e. The van der Waals surface area contributed by atoms with Crippen molar-refractivity contribution >= 4 is 5.78 Å². The first-order valence-electron chi connectivity index (χ1n) is 5.42. The van der Waals surface area contributed by atoms with Crippen LogP contribution >= 0.6 is 0 Å². The highest BCUT2D eigenvalue weighted by Gasteiger charge is 2.03. The first-order chi connectivity index (χ1) is 7.49. The minimum absolute atomic E-state index is 0.165. The predicted molar refractivity (Wildman–Crippen MR) is 63.0 cm³/mol. The van der Waals surface area contributed by atoms with E-state index >= 15 is 0 Å². The lowest BCUT2D eigenvalue weighted by molar-refractivity contribution is -0.117. The van der Waals surface area contributed by atoms with Crippen molar-refractivity contribution in [3.8, 4) is 0 Å². The molecule has 0 spiro atoms. The summed E-state index contributed by atoms with van der Waals surface area (Å²) in [6.45, 7) is 4.63. The zero-order chi connectivity index (χ0) is 12.1. The summed E-state index contributed by atoms with van der Waals surface area (Å²) in [5.41, 5.74) is 1.78. The van der Waals surface area contributed by atoms with Crippen LogP contribution in [-0.2, 0) is 11.2 Å². The molecule has 0 N–H and O–H groups in total. The third kappa shape index (κ3) is 4.11. The number of carbonyl (C=O) groups excluding carboxylic acids is 1. The van der Waals surface area contributed by atoms with Gasteiger partial charge in [0.25, 0.3) is 0 Å². The Bertz CT molecular complexity index is 376. The second-order valence-electron chi connectivity index (χ2n) is 4.27. The van der Waals surface area contributed by atoms with Crippen molar-refractivity contribution in [2.45, 2.75) is 20.3 Å². The first-order valence-corrected chi connectivity index (χ1v) is 5.42. The van der Waals surface area contributed by atoms with Crippen LogP contribution in [0.1, 0.15) is 18.1 Å². The summed E-state index contributed by atoms with van der Waals surface area (Å²) in [6.07, 6.45) is 0.838. The van der Waals surface area contributed by atoms with Crippen molar-refractivity contribution in [3.63, 3.8) is 0 Å². The number of ketones is 1. The second-order valence-corrected chi connectivity index (χ2v) is 4.27. The summed E-state index contributed by atoms with van der Waals surface area (Å²) in [7, 11) is 1.91. The molecule has 88 valence electrons. The highest BCUT2D eigenvalue weighted by molar-refractivity contribution is 5.77. The van der Waals surface area contributed by atoms with E-state index in [0.717, 1.165) is 18.5 Å². The number of aryl methyl sites for hydroxylation is 1. The minimum atomic E-state index is -0.166. The van der Waals surface area contributed by atoms with Gasteiger partial charge in [0, 0.05) is 6.54 Å². The monoisotopic (exact) mass is 223 g/mol. The van der Waals surface area contributed by atoms with Crippen LogP contribution in [0.25, 0.3) is 0 Å². The Morgan fingerprint density at radius 2 is 2.12 bits per heavy atom. The average molecular weight is 223 g/mol. The molecular weight excluding hydrogens is 205 g/mol. The molecule has 0 fully saturated rings. The van der Waals surface area contributed by atoms with Gasteiger partial charge < -0.3 is 0 Å². The van der Waals surface area contributed by atoms with Crippen molar-refractivity contribution in [2.24, 2.45) is 0 Å². The zero-order valence-electron chi connectivity index (χ0n) is 10.1. The molecule has 0 heterocycles. The molecule has 0 aliphatic heterocycles. The summed E-state index contributed by atoms with van der Waals surface area (Å²) in [6, 6.07) is 5.15. The number of hydrogen-bond donors (Lipinski definition) is 0. The molecule has 16 heavy (non-hydrogen) atoms. The SMILES string of the molecule is CC(=O)CN(C)CCc1ccc(F)c(C)c1. The average Bonchev–Trinajstić information content (AvgIpc) is 2.19. The Morgan fingerprint density at radius 3 is 2.69 bits per heavy atom. The molecular formula is C13H18FNO. The molecule has 1 aromatic rings. The highest BCUT2D eigenvalue weighted by atomic mass is 19.1. The van der Waals surface area contributed by atoms with Crippen LogP contribution in [0.4, 0.5) is 4.39 Å². The maximum absolute atomic E-state index is 13.0. The smallest absolute Gasteiger partial charge is 0.143 e. The number of likely N-dealkylation sites (N-methyl/N-ethyl adjacent to an activating group) is 1. The van der Waals surface area contributed by atoms with Gasteiger partial charge in [0.1, 0.15) is 11.6 Å². The molecule has 0 atom stereocenters. The van der Waals surface area contributed by atoms with Gasteiger partial charge in [0.15, 0.2) is 0 Å². The van der Waals surface area contributed by atoms with Crippen LogP contribution in [-0.4, -0.2) is 30.8 Å². The lowest BCUT2D eigenvalue weighted by Crippen LogP contribution is -2.26. The number of carbonyl (C=O) groups is 1. The van der Waals surface area contributed by atoms with Gasteiger partial charge >= 0.3 is 0 Å². The summed E-state index contributed by atoms with van der Waals surface area (Å²) in [5.74, 6) is -0.00127.